The molecule has 0 radical (unpaired) electrons. The number of carboxylic acids is 1. The Hall–Kier alpha value is -2.22. The van der Waals surface area contributed by atoms with Crippen molar-refractivity contribution in [2.75, 3.05) is 0 Å². The van der Waals surface area contributed by atoms with E-state index in [0.717, 1.165) is 5.56 Å². The molecule has 0 saturated carbocycles. The van der Waals surface area contributed by atoms with E-state index in [1.165, 1.54) is 24.3 Å². The Balaban J connectivity index is 2.26. The predicted molar refractivity (Wildman–Crippen MR) is 81.5 cm³/mol. The van der Waals surface area contributed by atoms with Gasteiger partial charge >= 0.3 is 5.97 Å². The molecule has 2 aromatic rings. The number of sulfonamides is 1. The number of hydrazine groups is 1. The van der Waals surface area contributed by atoms with Crippen molar-refractivity contribution in [2.45, 2.75) is 17.9 Å². The maximum Gasteiger partial charge on any atom is 0.326 e. The third kappa shape index (κ3) is 3.91. The molecule has 7 heteroatoms. The standard InChI is InChI=1S/C15H16N2O4S/c1-11-7-9-12(10-8-11)14(15(18)19)16-17-22(20,21)13-5-3-2-4-6-13/h2-10,14,16-17H,1H3,(H,18,19)/i/hD. The summed E-state index contributed by atoms with van der Waals surface area (Å²) in [6, 6.07) is 12.6. The van der Waals surface area contributed by atoms with E-state index >= 15 is 0 Å². The maximum atomic E-state index is 12.3. The molecule has 116 valence electrons. The average Bonchev–Trinajstić information content (AvgIpc) is 2.54. The Morgan fingerprint density at radius 3 is 2.27 bits per heavy atom. The summed E-state index contributed by atoms with van der Waals surface area (Å²) in [6.45, 7) is 1.85. The normalized spacial score (nSPS) is 13.6. The number of aliphatic carboxylic acids is 1. The Morgan fingerprint density at radius 1 is 1.14 bits per heavy atom. The number of benzene rings is 2. The molecule has 22 heavy (non-hydrogen) atoms. The molecule has 0 heterocycles. The first-order chi connectivity index (χ1) is 10.8. The maximum absolute atomic E-state index is 12.3. The molecule has 2 rings (SSSR count). The lowest BCUT2D eigenvalue weighted by Gasteiger charge is -2.16. The monoisotopic (exact) mass is 321 g/mol. The van der Waals surface area contributed by atoms with Crippen molar-refractivity contribution >= 4 is 16.0 Å². The molecule has 1 unspecified atom stereocenters. The molecule has 0 bridgehead atoms. The van der Waals surface area contributed by atoms with Gasteiger partial charge in [-0.1, -0.05) is 48.0 Å². The summed E-state index contributed by atoms with van der Waals surface area (Å²) in [4.78, 5) is 11.4. The van der Waals surface area contributed by atoms with Gasteiger partial charge in [-0.15, -0.1) is 4.82 Å². The molecule has 0 fully saturated rings. The van der Waals surface area contributed by atoms with Crippen LogP contribution in [0.2, 0.25) is 1.41 Å². The van der Waals surface area contributed by atoms with Crippen LogP contribution < -0.4 is 10.2 Å². The van der Waals surface area contributed by atoms with Gasteiger partial charge in [-0.3, -0.25) is 4.79 Å². The molecule has 0 aromatic heterocycles. The highest BCUT2D eigenvalue weighted by atomic mass is 32.2. The lowest BCUT2D eigenvalue weighted by atomic mass is 10.1. The number of hydrogen-bond donors (Lipinski definition) is 3. The minimum Gasteiger partial charge on any atom is -0.480 e. The first kappa shape index (κ1) is 14.7. The molecule has 0 spiro atoms. The minimum atomic E-state index is -4.16. The van der Waals surface area contributed by atoms with E-state index in [-0.39, 0.29) is 9.72 Å². The van der Waals surface area contributed by atoms with Crippen LogP contribution in [0.3, 0.4) is 0 Å². The van der Waals surface area contributed by atoms with Crippen LogP contribution >= 0.6 is 0 Å². The van der Waals surface area contributed by atoms with Gasteiger partial charge in [0.2, 0.25) is 0 Å². The van der Waals surface area contributed by atoms with Crippen LogP contribution in [0.1, 0.15) is 17.2 Å². The second-order valence-electron chi connectivity index (χ2n) is 4.69. The molecule has 1 atom stereocenters. The number of carbonyl (C=O) groups is 1. The van der Waals surface area contributed by atoms with E-state index < -0.39 is 22.0 Å². The molecule has 3 N–H and O–H groups in total. The fourth-order valence-corrected chi connectivity index (χ4v) is 2.65. The molecule has 0 aliphatic rings. The lowest BCUT2D eigenvalue weighted by molar-refractivity contribution is -0.139. The predicted octanol–water partition coefficient (Wildman–Crippen LogP) is 1.60. The van der Waals surface area contributed by atoms with Crippen LogP contribution in [0.25, 0.3) is 0 Å². The van der Waals surface area contributed by atoms with Crippen molar-refractivity contribution in [3.63, 3.8) is 0 Å². The summed E-state index contributed by atoms with van der Waals surface area (Å²) < 4.78 is 32.2. The van der Waals surface area contributed by atoms with Gasteiger partial charge in [0, 0.05) is 0 Å². The van der Waals surface area contributed by atoms with E-state index in [1.807, 2.05) is 6.92 Å². The fourth-order valence-electron chi connectivity index (χ4n) is 1.80. The summed E-state index contributed by atoms with van der Waals surface area (Å²) in [5, 5.41) is 9.31. The number of rotatable bonds is 6. The minimum absolute atomic E-state index is 0.0843. The van der Waals surface area contributed by atoms with Crippen LogP contribution in [0.5, 0.6) is 0 Å². The highest BCUT2D eigenvalue weighted by Crippen LogP contribution is 2.14. The van der Waals surface area contributed by atoms with Gasteiger partial charge in [0.15, 0.2) is 1.41 Å². The molecule has 0 aliphatic carbocycles. The van der Waals surface area contributed by atoms with Crippen LogP contribution in [0.4, 0.5) is 0 Å². The van der Waals surface area contributed by atoms with E-state index in [9.17, 15) is 18.3 Å². The summed E-state index contributed by atoms with van der Waals surface area (Å²) in [5.41, 5.74) is 3.50. The van der Waals surface area contributed by atoms with Gasteiger partial charge in [-0.25, -0.2) is 13.8 Å². The lowest BCUT2D eigenvalue weighted by Crippen LogP contribution is -2.42. The van der Waals surface area contributed by atoms with Crippen molar-refractivity contribution in [3.8, 4) is 0 Å². The number of carboxylic acid groups (broad SMARTS) is 1. The zero-order chi connectivity index (χ0) is 17.0. The summed E-state index contributed by atoms with van der Waals surface area (Å²) in [7, 11) is -4.16. The molecule has 0 saturated heterocycles. The van der Waals surface area contributed by atoms with Crippen LogP contribution in [0, 0.1) is 6.92 Å². The highest BCUT2D eigenvalue weighted by Gasteiger charge is 2.22. The zero-order valence-electron chi connectivity index (χ0n) is 12.8. The van der Waals surface area contributed by atoms with Crippen molar-refractivity contribution in [1.82, 2.24) is 10.2 Å². The van der Waals surface area contributed by atoms with Crippen molar-refractivity contribution in [1.29, 1.82) is 0 Å². The average molecular weight is 321 g/mol. The van der Waals surface area contributed by atoms with Gasteiger partial charge in [0.1, 0.15) is 6.04 Å². The summed E-state index contributed by atoms with van der Waals surface area (Å²) in [5.74, 6) is -1.28. The van der Waals surface area contributed by atoms with Crippen molar-refractivity contribution in [3.05, 3.63) is 65.7 Å². The molecule has 6 nitrogen and oxygen atoms in total. The Kier molecular flexibility index (Phi) is 4.47. The third-order valence-corrected chi connectivity index (χ3v) is 4.21. The molecule has 0 aliphatic heterocycles. The van der Waals surface area contributed by atoms with Crippen LogP contribution in [0.15, 0.2) is 59.5 Å². The quantitative estimate of drug-likeness (QED) is 0.703. The van der Waals surface area contributed by atoms with Crippen LogP contribution in [-0.2, 0) is 14.8 Å². The topological polar surface area (TPSA) is 95.5 Å². The smallest absolute Gasteiger partial charge is 0.326 e. The van der Waals surface area contributed by atoms with E-state index in [0.29, 0.717) is 5.56 Å². The first-order valence-electron chi connectivity index (χ1n) is 6.92. The molecular weight excluding hydrogens is 304 g/mol. The van der Waals surface area contributed by atoms with Crippen LogP contribution in [-0.4, -0.2) is 19.5 Å². The molecule has 2 aromatic carbocycles. The Labute approximate surface area is 130 Å². The number of nitrogens with one attached hydrogen (secondary N) is 2. The second-order valence-corrected chi connectivity index (χ2v) is 6.29. The number of hydrogen-bond acceptors (Lipinski definition) is 4. The van der Waals surface area contributed by atoms with Gasteiger partial charge < -0.3 is 5.11 Å². The van der Waals surface area contributed by atoms with E-state index in [1.54, 1.807) is 30.3 Å². The van der Waals surface area contributed by atoms with Crippen molar-refractivity contribution < 1.29 is 19.7 Å². The molecular formula is C15H16N2O4S. The first-order valence-corrected chi connectivity index (χ1v) is 7.91. The van der Waals surface area contributed by atoms with Gasteiger partial charge in [0.25, 0.3) is 10.0 Å². The number of aryl methyl sites for hydroxylation is 1. The summed E-state index contributed by atoms with van der Waals surface area (Å²) >= 11 is 0. The Morgan fingerprint density at radius 2 is 1.73 bits per heavy atom. The zero-order valence-corrected chi connectivity index (χ0v) is 12.6. The van der Waals surface area contributed by atoms with Gasteiger partial charge in [-0.05, 0) is 24.6 Å². The van der Waals surface area contributed by atoms with Gasteiger partial charge in [0.05, 0.1) is 4.90 Å². The largest absolute Gasteiger partial charge is 0.480 e. The Bertz CT molecular complexity index is 779. The summed E-state index contributed by atoms with van der Waals surface area (Å²) in [6.07, 6.45) is 0. The van der Waals surface area contributed by atoms with Crippen molar-refractivity contribution in [2.24, 2.45) is 0 Å². The second kappa shape index (κ2) is 6.69. The third-order valence-electron chi connectivity index (χ3n) is 3.00. The fraction of sp³-hybridized carbons (Fsp3) is 0.133. The van der Waals surface area contributed by atoms with Gasteiger partial charge in [-0.2, -0.15) is 0 Å². The highest BCUT2D eigenvalue weighted by molar-refractivity contribution is 7.89. The SMILES string of the molecule is [2H]N(NC(C(=O)O)c1ccc(C)cc1)S(=O)(=O)c1ccccc1. The van der Waals surface area contributed by atoms with E-state index in [4.69, 9.17) is 1.41 Å². The van der Waals surface area contributed by atoms with E-state index in [2.05, 4.69) is 5.43 Å². The molecule has 0 amide bonds.